The number of rotatable bonds is 2. The summed E-state index contributed by atoms with van der Waals surface area (Å²) in [6.45, 7) is 3.94. The minimum Gasteiger partial charge on any atom is -0.353 e. The Hall–Kier alpha value is -1.70. The fraction of sp³-hybridized carbons (Fsp3) is 0.444. The van der Waals surface area contributed by atoms with Crippen LogP contribution in [0.3, 0.4) is 0 Å². The lowest BCUT2D eigenvalue weighted by atomic mass is 10.3. The molecule has 1 aromatic rings. The molecule has 0 amide bonds. The third-order valence-corrected chi connectivity index (χ3v) is 3.78. The van der Waals surface area contributed by atoms with Crippen molar-refractivity contribution >= 4 is 21.7 Å². The minimum absolute atomic E-state index is 0.0437. The van der Waals surface area contributed by atoms with Crippen LogP contribution < -0.4 is 10.0 Å². The number of aliphatic imine (C=N–C) groups is 1. The SMILES string of the molecule is CCC(C)NC1=Nc2cnncc2S(=O)(=O)N1. The number of hydrogen-bond donors (Lipinski definition) is 2. The van der Waals surface area contributed by atoms with E-state index >= 15 is 0 Å². The Morgan fingerprint density at radius 1 is 1.41 bits per heavy atom. The molecule has 0 spiro atoms. The zero-order valence-electron chi connectivity index (χ0n) is 9.51. The number of hydrogen-bond acceptors (Lipinski definition) is 6. The highest BCUT2D eigenvalue weighted by atomic mass is 32.2. The molecule has 8 heteroatoms. The van der Waals surface area contributed by atoms with E-state index in [1.807, 2.05) is 13.8 Å². The smallest absolute Gasteiger partial charge is 0.267 e. The normalized spacial score (nSPS) is 18.6. The third-order valence-electron chi connectivity index (χ3n) is 2.42. The van der Waals surface area contributed by atoms with E-state index < -0.39 is 10.0 Å². The number of guanidine groups is 1. The lowest BCUT2D eigenvalue weighted by Crippen LogP contribution is -2.46. The first-order valence-corrected chi connectivity index (χ1v) is 6.70. The quantitative estimate of drug-likeness (QED) is 0.783. The summed E-state index contributed by atoms with van der Waals surface area (Å²) in [4.78, 5) is 4.19. The molecule has 0 fully saturated rings. The van der Waals surface area contributed by atoms with Gasteiger partial charge in [-0.3, -0.25) is 0 Å². The van der Waals surface area contributed by atoms with E-state index in [1.165, 1.54) is 12.4 Å². The lowest BCUT2D eigenvalue weighted by Gasteiger charge is -2.20. The van der Waals surface area contributed by atoms with E-state index in [2.05, 4.69) is 25.2 Å². The van der Waals surface area contributed by atoms with Crippen molar-refractivity contribution in [2.75, 3.05) is 0 Å². The Kier molecular flexibility index (Phi) is 2.97. The summed E-state index contributed by atoms with van der Waals surface area (Å²) in [6.07, 6.45) is 3.37. The lowest BCUT2D eigenvalue weighted by molar-refractivity contribution is 0.585. The number of aromatic nitrogens is 2. The van der Waals surface area contributed by atoms with E-state index in [4.69, 9.17) is 0 Å². The van der Waals surface area contributed by atoms with Crippen molar-refractivity contribution in [3.8, 4) is 0 Å². The standard InChI is InChI=1S/C9H13N5O2S/c1-3-6(2)12-9-13-7-4-10-11-5-8(7)17(15,16)14-9/h4-6H,3H2,1-2H3,(H2,12,13,14). The van der Waals surface area contributed by atoms with Gasteiger partial charge < -0.3 is 5.32 Å². The Morgan fingerprint density at radius 3 is 2.82 bits per heavy atom. The average Bonchev–Trinajstić information content (AvgIpc) is 2.28. The molecule has 1 unspecified atom stereocenters. The second-order valence-corrected chi connectivity index (χ2v) is 5.41. The highest BCUT2D eigenvalue weighted by Crippen LogP contribution is 2.24. The minimum atomic E-state index is -3.59. The number of fused-ring (bicyclic) bond motifs is 1. The van der Waals surface area contributed by atoms with Crippen molar-refractivity contribution in [1.29, 1.82) is 0 Å². The molecule has 2 N–H and O–H groups in total. The van der Waals surface area contributed by atoms with Gasteiger partial charge in [-0.1, -0.05) is 6.92 Å². The van der Waals surface area contributed by atoms with Crippen LogP contribution in [0.15, 0.2) is 22.3 Å². The Labute approximate surface area is 99.4 Å². The van der Waals surface area contributed by atoms with Crippen LogP contribution >= 0.6 is 0 Å². The molecule has 1 aliphatic heterocycles. The van der Waals surface area contributed by atoms with Gasteiger partial charge >= 0.3 is 0 Å². The van der Waals surface area contributed by atoms with Crippen LogP contribution in [0.25, 0.3) is 0 Å². The van der Waals surface area contributed by atoms with Crippen molar-refractivity contribution in [2.45, 2.75) is 31.2 Å². The predicted octanol–water partition coefficient (Wildman–Crippen LogP) is 0.144. The van der Waals surface area contributed by atoms with Gasteiger partial charge in [-0.25, -0.2) is 18.1 Å². The third kappa shape index (κ3) is 2.36. The van der Waals surface area contributed by atoms with Gasteiger partial charge in [0.1, 0.15) is 10.6 Å². The fourth-order valence-corrected chi connectivity index (χ4v) is 2.35. The van der Waals surface area contributed by atoms with Crippen molar-refractivity contribution < 1.29 is 8.42 Å². The van der Waals surface area contributed by atoms with Crippen LogP contribution in [0.1, 0.15) is 20.3 Å². The molecule has 1 aliphatic rings. The van der Waals surface area contributed by atoms with Gasteiger partial charge in [0.2, 0.25) is 5.96 Å². The monoisotopic (exact) mass is 255 g/mol. The first kappa shape index (κ1) is 11.8. The summed E-state index contributed by atoms with van der Waals surface area (Å²) >= 11 is 0. The van der Waals surface area contributed by atoms with Gasteiger partial charge in [-0.2, -0.15) is 10.2 Å². The largest absolute Gasteiger partial charge is 0.353 e. The van der Waals surface area contributed by atoms with Gasteiger partial charge in [0, 0.05) is 6.04 Å². The molecule has 1 aromatic heterocycles. The molecule has 0 saturated carbocycles. The van der Waals surface area contributed by atoms with Crippen molar-refractivity contribution in [2.24, 2.45) is 4.99 Å². The molecular weight excluding hydrogens is 242 g/mol. The van der Waals surface area contributed by atoms with E-state index in [0.29, 0.717) is 5.69 Å². The predicted molar refractivity (Wildman–Crippen MR) is 62.3 cm³/mol. The van der Waals surface area contributed by atoms with Gasteiger partial charge in [0.15, 0.2) is 0 Å². The maximum Gasteiger partial charge on any atom is 0.267 e. The number of nitrogens with zero attached hydrogens (tertiary/aromatic N) is 3. The topological polar surface area (TPSA) is 96.3 Å². The molecule has 17 heavy (non-hydrogen) atoms. The Balaban J connectivity index is 2.39. The molecule has 1 atom stereocenters. The maximum atomic E-state index is 11.9. The summed E-state index contributed by atoms with van der Waals surface area (Å²) in [5.74, 6) is 0.222. The fourth-order valence-electron chi connectivity index (χ4n) is 1.32. The van der Waals surface area contributed by atoms with Crippen LogP contribution in [0.4, 0.5) is 5.69 Å². The molecule has 0 radical (unpaired) electrons. The van der Waals surface area contributed by atoms with Gasteiger partial charge in [0.05, 0.1) is 12.4 Å². The second kappa shape index (κ2) is 4.28. The van der Waals surface area contributed by atoms with Crippen LogP contribution in [0, 0.1) is 0 Å². The van der Waals surface area contributed by atoms with Gasteiger partial charge in [-0.05, 0) is 13.3 Å². The second-order valence-electron chi connectivity index (χ2n) is 3.76. The van der Waals surface area contributed by atoms with E-state index in [-0.39, 0.29) is 16.9 Å². The molecule has 0 bridgehead atoms. The summed E-state index contributed by atoms with van der Waals surface area (Å²) in [7, 11) is -3.59. The molecule has 0 saturated heterocycles. The Morgan fingerprint density at radius 2 is 2.12 bits per heavy atom. The zero-order valence-corrected chi connectivity index (χ0v) is 10.3. The number of nitrogens with one attached hydrogen (secondary N) is 2. The van der Waals surface area contributed by atoms with E-state index in [0.717, 1.165) is 6.42 Å². The molecule has 2 heterocycles. The Bertz CT molecular complexity index is 554. The highest BCUT2D eigenvalue weighted by Gasteiger charge is 2.26. The average molecular weight is 255 g/mol. The van der Waals surface area contributed by atoms with Crippen LogP contribution in [0.2, 0.25) is 0 Å². The van der Waals surface area contributed by atoms with Gasteiger partial charge in [-0.15, -0.1) is 0 Å². The highest BCUT2D eigenvalue weighted by molar-refractivity contribution is 7.90. The molecule has 92 valence electrons. The first-order chi connectivity index (χ1) is 8.03. The molecule has 2 rings (SSSR count). The summed E-state index contributed by atoms with van der Waals surface area (Å²) in [6, 6.07) is 0.132. The van der Waals surface area contributed by atoms with Gasteiger partial charge in [0.25, 0.3) is 10.0 Å². The molecule has 7 nitrogen and oxygen atoms in total. The summed E-state index contributed by atoms with van der Waals surface area (Å²) < 4.78 is 26.1. The summed E-state index contributed by atoms with van der Waals surface area (Å²) in [5, 5.41) is 10.1. The summed E-state index contributed by atoms with van der Waals surface area (Å²) in [5.41, 5.74) is 0.296. The maximum absolute atomic E-state index is 11.9. The van der Waals surface area contributed by atoms with Crippen LogP contribution in [-0.4, -0.2) is 30.6 Å². The van der Waals surface area contributed by atoms with E-state index in [1.54, 1.807) is 0 Å². The van der Waals surface area contributed by atoms with Crippen molar-refractivity contribution in [3.05, 3.63) is 12.4 Å². The number of sulfonamides is 1. The van der Waals surface area contributed by atoms with Crippen LogP contribution in [-0.2, 0) is 10.0 Å². The first-order valence-electron chi connectivity index (χ1n) is 5.21. The molecule has 0 aromatic carbocycles. The van der Waals surface area contributed by atoms with Crippen molar-refractivity contribution in [1.82, 2.24) is 20.2 Å². The molecule has 0 aliphatic carbocycles. The zero-order chi connectivity index (χ0) is 12.5. The van der Waals surface area contributed by atoms with E-state index in [9.17, 15) is 8.42 Å². The van der Waals surface area contributed by atoms with Crippen molar-refractivity contribution in [3.63, 3.8) is 0 Å². The van der Waals surface area contributed by atoms with Crippen LogP contribution in [0.5, 0.6) is 0 Å². The molecular formula is C9H13N5O2S.